The minimum atomic E-state index is 0.534. The number of nitrogens with two attached hydrogens (primary N) is 1. The maximum Gasteiger partial charge on any atom is 0.160 e. The van der Waals surface area contributed by atoms with Crippen LogP contribution in [0.4, 0.5) is 0 Å². The van der Waals surface area contributed by atoms with Gasteiger partial charge in [0.25, 0.3) is 0 Å². The van der Waals surface area contributed by atoms with E-state index < -0.39 is 0 Å². The SMILES string of the molecule is NCC=Cc1csc(C=O)c1. The summed E-state index contributed by atoms with van der Waals surface area (Å²) >= 11 is 1.44. The van der Waals surface area contributed by atoms with E-state index in [1.54, 1.807) is 0 Å². The summed E-state index contributed by atoms with van der Waals surface area (Å²) in [5.74, 6) is 0. The first-order chi connectivity index (χ1) is 5.36. The van der Waals surface area contributed by atoms with Gasteiger partial charge in [-0.25, -0.2) is 0 Å². The summed E-state index contributed by atoms with van der Waals surface area (Å²) in [6.45, 7) is 0.534. The summed E-state index contributed by atoms with van der Waals surface area (Å²) in [5.41, 5.74) is 6.31. The first kappa shape index (κ1) is 8.17. The zero-order valence-electron chi connectivity index (χ0n) is 5.99. The molecular weight excluding hydrogens is 158 g/mol. The molecule has 2 N–H and O–H groups in total. The Morgan fingerprint density at radius 1 is 1.64 bits per heavy atom. The van der Waals surface area contributed by atoms with Crippen molar-refractivity contribution >= 4 is 23.7 Å². The van der Waals surface area contributed by atoms with Crippen LogP contribution in [0.3, 0.4) is 0 Å². The Hall–Kier alpha value is -0.930. The highest BCUT2D eigenvalue weighted by Crippen LogP contribution is 2.13. The average molecular weight is 167 g/mol. The Morgan fingerprint density at radius 3 is 3.00 bits per heavy atom. The summed E-state index contributed by atoms with van der Waals surface area (Å²) in [7, 11) is 0. The predicted octanol–water partition coefficient (Wildman–Crippen LogP) is 1.53. The molecule has 1 heterocycles. The zero-order chi connectivity index (χ0) is 8.10. The molecule has 0 aliphatic heterocycles. The molecule has 0 fully saturated rings. The van der Waals surface area contributed by atoms with Crippen LogP contribution in [0.5, 0.6) is 0 Å². The number of thiophene rings is 1. The maximum atomic E-state index is 10.3. The van der Waals surface area contributed by atoms with Gasteiger partial charge in [-0.3, -0.25) is 4.79 Å². The zero-order valence-corrected chi connectivity index (χ0v) is 6.80. The Morgan fingerprint density at radius 2 is 2.45 bits per heavy atom. The summed E-state index contributed by atoms with van der Waals surface area (Å²) in [5, 5.41) is 1.93. The summed E-state index contributed by atoms with van der Waals surface area (Å²) in [6.07, 6.45) is 4.62. The van der Waals surface area contributed by atoms with Crippen LogP contribution in [0, 0.1) is 0 Å². The van der Waals surface area contributed by atoms with Crippen molar-refractivity contribution in [1.82, 2.24) is 0 Å². The van der Waals surface area contributed by atoms with E-state index >= 15 is 0 Å². The third-order valence-electron chi connectivity index (χ3n) is 1.20. The first-order valence-corrected chi connectivity index (χ1v) is 4.15. The Kier molecular flexibility index (Phi) is 3.01. The van der Waals surface area contributed by atoms with Gasteiger partial charge in [0, 0.05) is 6.54 Å². The van der Waals surface area contributed by atoms with Gasteiger partial charge in [-0.05, 0) is 17.0 Å². The average Bonchev–Trinajstić information content (AvgIpc) is 2.48. The lowest BCUT2D eigenvalue weighted by molar-refractivity contribution is 0.112. The number of hydrogen-bond acceptors (Lipinski definition) is 3. The standard InChI is InChI=1S/C8H9NOS/c9-3-1-2-7-4-8(5-10)11-6-7/h1-2,4-6H,3,9H2. The van der Waals surface area contributed by atoms with Crippen LogP contribution >= 0.6 is 11.3 Å². The summed E-state index contributed by atoms with van der Waals surface area (Å²) in [6, 6.07) is 1.84. The van der Waals surface area contributed by atoms with Gasteiger partial charge in [0.2, 0.25) is 0 Å². The molecule has 0 aromatic carbocycles. The van der Waals surface area contributed by atoms with E-state index in [1.165, 1.54) is 11.3 Å². The second-order valence-corrected chi connectivity index (χ2v) is 2.98. The van der Waals surface area contributed by atoms with Crippen molar-refractivity contribution in [3.05, 3.63) is 28.0 Å². The fourth-order valence-corrected chi connectivity index (χ4v) is 1.40. The van der Waals surface area contributed by atoms with E-state index in [0.29, 0.717) is 6.54 Å². The highest BCUT2D eigenvalue weighted by molar-refractivity contribution is 7.11. The second kappa shape index (κ2) is 4.05. The van der Waals surface area contributed by atoms with Gasteiger partial charge < -0.3 is 5.73 Å². The lowest BCUT2D eigenvalue weighted by atomic mass is 10.3. The normalized spacial score (nSPS) is 10.6. The third kappa shape index (κ3) is 2.29. The number of aldehydes is 1. The molecule has 1 aromatic rings. The van der Waals surface area contributed by atoms with Gasteiger partial charge >= 0.3 is 0 Å². The van der Waals surface area contributed by atoms with Crippen LogP contribution < -0.4 is 5.73 Å². The summed E-state index contributed by atoms with van der Waals surface area (Å²) < 4.78 is 0. The van der Waals surface area contributed by atoms with Crippen molar-refractivity contribution in [2.24, 2.45) is 5.73 Å². The number of carbonyl (C=O) groups excluding carboxylic acids is 1. The van der Waals surface area contributed by atoms with Gasteiger partial charge in [-0.2, -0.15) is 0 Å². The minimum absolute atomic E-state index is 0.534. The van der Waals surface area contributed by atoms with Gasteiger partial charge in [-0.1, -0.05) is 12.2 Å². The van der Waals surface area contributed by atoms with E-state index in [2.05, 4.69) is 0 Å². The van der Waals surface area contributed by atoms with Crippen molar-refractivity contribution in [1.29, 1.82) is 0 Å². The molecule has 3 heteroatoms. The molecule has 0 spiro atoms. The second-order valence-electron chi connectivity index (χ2n) is 2.04. The smallest absolute Gasteiger partial charge is 0.160 e. The van der Waals surface area contributed by atoms with Crippen molar-refractivity contribution < 1.29 is 4.79 Å². The molecule has 0 radical (unpaired) electrons. The molecule has 0 amide bonds. The van der Waals surface area contributed by atoms with Crippen LogP contribution in [-0.4, -0.2) is 12.8 Å². The lowest BCUT2D eigenvalue weighted by Crippen LogP contribution is -1.91. The number of carbonyl (C=O) groups is 1. The fraction of sp³-hybridized carbons (Fsp3) is 0.125. The predicted molar refractivity (Wildman–Crippen MR) is 47.8 cm³/mol. The Labute approximate surface area is 69.3 Å². The van der Waals surface area contributed by atoms with Crippen molar-refractivity contribution in [2.75, 3.05) is 6.54 Å². The third-order valence-corrected chi connectivity index (χ3v) is 2.08. The Balaban J connectivity index is 2.72. The maximum absolute atomic E-state index is 10.3. The highest BCUT2D eigenvalue weighted by atomic mass is 32.1. The molecule has 1 rings (SSSR count). The van der Waals surface area contributed by atoms with Gasteiger partial charge in [0.15, 0.2) is 6.29 Å². The lowest BCUT2D eigenvalue weighted by Gasteiger charge is -1.80. The molecule has 0 aliphatic carbocycles. The van der Waals surface area contributed by atoms with Crippen LogP contribution in [0.1, 0.15) is 15.2 Å². The van der Waals surface area contributed by atoms with Crippen LogP contribution in [0.2, 0.25) is 0 Å². The number of hydrogen-bond donors (Lipinski definition) is 1. The van der Waals surface area contributed by atoms with Crippen LogP contribution in [-0.2, 0) is 0 Å². The molecule has 0 atom stereocenters. The first-order valence-electron chi connectivity index (χ1n) is 3.27. The largest absolute Gasteiger partial charge is 0.327 e. The molecule has 58 valence electrons. The molecule has 0 saturated heterocycles. The van der Waals surface area contributed by atoms with Gasteiger partial charge in [-0.15, -0.1) is 11.3 Å². The van der Waals surface area contributed by atoms with Crippen molar-refractivity contribution in [2.45, 2.75) is 0 Å². The summed E-state index contributed by atoms with van der Waals surface area (Å²) in [4.78, 5) is 11.0. The molecule has 0 unspecified atom stereocenters. The van der Waals surface area contributed by atoms with Crippen LogP contribution in [0.25, 0.3) is 6.08 Å². The fourth-order valence-electron chi connectivity index (χ4n) is 0.722. The molecule has 0 bridgehead atoms. The van der Waals surface area contributed by atoms with Gasteiger partial charge in [0.05, 0.1) is 4.88 Å². The van der Waals surface area contributed by atoms with Crippen molar-refractivity contribution in [3.63, 3.8) is 0 Å². The van der Waals surface area contributed by atoms with Gasteiger partial charge in [0.1, 0.15) is 0 Å². The minimum Gasteiger partial charge on any atom is -0.327 e. The van der Waals surface area contributed by atoms with E-state index in [1.807, 2.05) is 23.6 Å². The van der Waals surface area contributed by atoms with Crippen molar-refractivity contribution in [3.8, 4) is 0 Å². The molecule has 0 aliphatic rings. The molecular formula is C8H9NOS. The highest BCUT2D eigenvalue weighted by Gasteiger charge is 1.92. The van der Waals surface area contributed by atoms with E-state index in [4.69, 9.17) is 5.73 Å². The molecule has 0 saturated carbocycles. The van der Waals surface area contributed by atoms with E-state index in [0.717, 1.165) is 16.7 Å². The van der Waals surface area contributed by atoms with E-state index in [-0.39, 0.29) is 0 Å². The van der Waals surface area contributed by atoms with Crippen LogP contribution in [0.15, 0.2) is 17.5 Å². The monoisotopic (exact) mass is 167 g/mol. The Bertz CT molecular complexity index is 265. The molecule has 11 heavy (non-hydrogen) atoms. The van der Waals surface area contributed by atoms with E-state index in [9.17, 15) is 4.79 Å². The topological polar surface area (TPSA) is 43.1 Å². The molecule has 1 aromatic heterocycles. The number of rotatable bonds is 3. The molecule has 2 nitrogen and oxygen atoms in total. The quantitative estimate of drug-likeness (QED) is 0.694.